The normalized spacial score (nSPS) is 10.7. The second kappa shape index (κ2) is 4.43. The zero-order valence-corrected chi connectivity index (χ0v) is 8.36. The molecule has 72 valence electrons. The molecule has 14 heavy (non-hydrogen) atoms. The summed E-state index contributed by atoms with van der Waals surface area (Å²) in [6, 6.07) is 3.68. The Morgan fingerprint density at radius 3 is 2.86 bits per heavy atom. The van der Waals surface area contributed by atoms with Crippen molar-refractivity contribution in [3.05, 3.63) is 29.6 Å². The van der Waals surface area contributed by atoms with Crippen LogP contribution in [0, 0.1) is 17.2 Å². The Morgan fingerprint density at radius 1 is 1.57 bits per heavy atom. The van der Waals surface area contributed by atoms with Crippen LogP contribution in [0.5, 0.6) is 0 Å². The molecule has 1 aromatic heterocycles. The van der Waals surface area contributed by atoms with E-state index in [4.69, 9.17) is 11.0 Å². The van der Waals surface area contributed by atoms with E-state index in [0.717, 1.165) is 0 Å². The van der Waals surface area contributed by atoms with E-state index < -0.39 is 0 Å². The molecule has 1 aromatic rings. The SMILES string of the molecule is CC(C)/C=C/c1nccc(N)c1C#N. The molecule has 0 unspecified atom stereocenters. The van der Waals surface area contributed by atoms with Crippen molar-refractivity contribution in [3.8, 4) is 6.07 Å². The second-order valence-corrected chi connectivity index (χ2v) is 3.38. The Kier molecular flexibility index (Phi) is 3.24. The largest absolute Gasteiger partial charge is 0.398 e. The summed E-state index contributed by atoms with van der Waals surface area (Å²) in [5, 5.41) is 8.86. The number of allylic oxidation sites excluding steroid dienone is 1. The quantitative estimate of drug-likeness (QED) is 0.772. The van der Waals surface area contributed by atoms with E-state index >= 15 is 0 Å². The summed E-state index contributed by atoms with van der Waals surface area (Å²) in [6.45, 7) is 4.13. The molecule has 0 aliphatic heterocycles. The summed E-state index contributed by atoms with van der Waals surface area (Å²) < 4.78 is 0. The molecule has 2 N–H and O–H groups in total. The van der Waals surface area contributed by atoms with Crippen LogP contribution < -0.4 is 5.73 Å². The lowest BCUT2D eigenvalue weighted by atomic mass is 10.1. The average Bonchev–Trinajstić information content (AvgIpc) is 2.14. The average molecular weight is 187 g/mol. The van der Waals surface area contributed by atoms with Crippen LogP contribution in [0.3, 0.4) is 0 Å². The van der Waals surface area contributed by atoms with Gasteiger partial charge < -0.3 is 5.73 Å². The highest BCUT2D eigenvalue weighted by molar-refractivity contribution is 5.64. The van der Waals surface area contributed by atoms with Gasteiger partial charge in [0.2, 0.25) is 0 Å². The van der Waals surface area contributed by atoms with Gasteiger partial charge in [0.1, 0.15) is 11.6 Å². The van der Waals surface area contributed by atoms with Crippen molar-refractivity contribution in [3.63, 3.8) is 0 Å². The first-order valence-electron chi connectivity index (χ1n) is 4.48. The lowest BCUT2D eigenvalue weighted by Crippen LogP contribution is -1.95. The molecule has 0 saturated carbocycles. The van der Waals surface area contributed by atoms with Crippen LogP contribution in [-0.4, -0.2) is 4.98 Å². The second-order valence-electron chi connectivity index (χ2n) is 3.38. The molecule has 0 aromatic carbocycles. The predicted molar refractivity (Wildman–Crippen MR) is 57.2 cm³/mol. The van der Waals surface area contributed by atoms with Gasteiger partial charge in [0.25, 0.3) is 0 Å². The molecule has 0 spiro atoms. The van der Waals surface area contributed by atoms with Crippen molar-refractivity contribution in [1.82, 2.24) is 4.98 Å². The van der Waals surface area contributed by atoms with E-state index in [0.29, 0.717) is 22.9 Å². The van der Waals surface area contributed by atoms with E-state index in [1.54, 1.807) is 12.3 Å². The standard InChI is InChI=1S/C11H13N3/c1-8(2)3-4-11-9(7-12)10(13)5-6-14-11/h3-6,8H,1-2H3,(H2,13,14)/b4-3+. The maximum absolute atomic E-state index is 8.86. The van der Waals surface area contributed by atoms with E-state index in [9.17, 15) is 0 Å². The van der Waals surface area contributed by atoms with Crippen LogP contribution >= 0.6 is 0 Å². The Bertz CT molecular complexity index is 386. The number of rotatable bonds is 2. The fraction of sp³-hybridized carbons (Fsp3) is 0.273. The number of nitrogen functional groups attached to an aromatic ring is 1. The number of nitrogens with zero attached hydrogens (tertiary/aromatic N) is 2. The van der Waals surface area contributed by atoms with E-state index in [-0.39, 0.29) is 0 Å². The minimum absolute atomic E-state index is 0.435. The third-order valence-electron chi connectivity index (χ3n) is 1.76. The van der Waals surface area contributed by atoms with Gasteiger partial charge in [0, 0.05) is 6.20 Å². The minimum Gasteiger partial charge on any atom is -0.398 e. The fourth-order valence-corrected chi connectivity index (χ4v) is 1.03. The van der Waals surface area contributed by atoms with Crippen molar-refractivity contribution in [2.45, 2.75) is 13.8 Å². The summed E-state index contributed by atoms with van der Waals surface area (Å²) in [4.78, 5) is 4.09. The molecule has 0 saturated heterocycles. The number of aromatic nitrogens is 1. The maximum Gasteiger partial charge on any atom is 0.104 e. The first-order valence-corrected chi connectivity index (χ1v) is 4.48. The van der Waals surface area contributed by atoms with Crippen LogP contribution in [-0.2, 0) is 0 Å². The summed E-state index contributed by atoms with van der Waals surface area (Å²) in [5.74, 6) is 0.435. The molecule has 0 aliphatic carbocycles. The number of hydrogen-bond acceptors (Lipinski definition) is 3. The number of anilines is 1. The third kappa shape index (κ3) is 2.33. The van der Waals surface area contributed by atoms with E-state index in [2.05, 4.69) is 18.8 Å². The molecular weight excluding hydrogens is 174 g/mol. The number of nitriles is 1. The van der Waals surface area contributed by atoms with Gasteiger partial charge in [-0.1, -0.05) is 19.9 Å². The van der Waals surface area contributed by atoms with Crippen molar-refractivity contribution < 1.29 is 0 Å². The van der Waals surface area contributed by atoms with Crippen molar-refractivity contribution >= 4 is 11.8 Å². The number of nitrogens with two attached hydrogens (primary N) is 1. The zero-order valence-electron chi connectivity index (χ0n) is 8.36. The molecule has 0 amide bonds. The number of hydrogen-bond donors (Lipinski definition) is 1. The molecule has 0 aliphatic rings. The first kappa shape index (κ1) is 10.3. The van der Waals surface area contributed by atoms with Gasteiger partial charge in [-0.25, -0.2) is 0 Å². The van der Waals surface area contributed by atoms with Crippen LogP contribution in [0.2, 0.25) is 0 Å². The van der Waals surface area contributed by atoms with Gasteiger partial charge in [0.15, 0.2) is 0 Å². The van der Waals surface area contributed by atoms with E-state index in [1.807, 2.05) is 18.2 Å². The summed E-state index contributed by atoms with van der Waals surface area (Å²) in [7, 11) is 0. The van der Waals surface area contributed by atoms with Gasteiger partial charge >= 0.3 is 0 Å². The fourth-order valence-electron chi connectivity index (χ4n) is 1.03. The smallest absolute Gasteiger partial charge is 0.104 e. The molecule has 0 radical (unpaired) electrons. The molecule has 3 heteroatoms. The van der Waals surface area contributed by atoms with Gasteiger partial charge in [-0.05, 0) is 18.1 Å². The minimum atomic E-state index is 0.435. The van der Waals surface area contributed by atoms with Crippen LogP contribution in [0.4, 0.5) is 5.69 Å². The van der Waals surface area contributed by atoms with Crippen LogP contribution in [0.1, 0.15) is 25.1 Å². The molecule has 1 heterocycles. The van der Waals surface area contributed by atoms with E-state index in [1.165, 1.54) is 0 Å². The molecule has 0 bridgehead atoms. The highest BCUT2D eigenvalue weighted by atomic mass is 14.7. The molecular formula is C11H13N3. The molecule has 3 nitrogen and oxygen atoms in total. The Balaban J connectivity index is 3.10. The monoisotopic (exact) mass is 187 g/mol. The Hall–Kier alpha value is -1.82. The van der Waals surface area contributed by atoms with Crippen LogP contribution in [0.15, 0.2) is 18.3 Å². The summed E-state index contributed by atoms with van der Waals surface area (Å²) in [6.07, 6.45) is 5.43. The highest BCUT2D eigenvalue weighted by Crippen LogP contribution is 2.15. The van der Waals surface area contributed by atoms with Gasteiger partial charge in [-0.2, -0.15) is 5.26 Å². The van der Waals surface area contributed by atoms with Crippen molar-refractivity contribution in [1.29, 1.82) is 5.26 Å². The third-order valence-corrected chi connectivity index (χ3v) is 1.76. The maximum atomic E-state index is 8.86. The number of pyridine rings is 1. The van der Waals surface area contributed by atoms with Crippen molar-refractivity contribution in [2.24, 2.45) is 5.92 Å². The lowest BCUT2D eigenvalue weighted by molar-refractivity contribution is 0.836. The lowest BCUT2D eigenvalue weighted by Gasteiger charge is -2.00. The molecule has 0 fully saturated rings. The van der Waals surface area contributed by atoms with Gasteiger partial charge in [-0.3, -0.25) is 4.98 Å². The highest BCUT2D eigenvalue weighted by Gasteiger charge is 2.03. The summed E-state index contributed by atoms with van der Waals surface area (Å²) in [5.41, 5.74) is 7.21. The van der Waals surface area contributed by atoms with Crippen molar-refractivity contribution in [2.75, 3.05) is 5.73 Å². The zero-order chi connectivity index (χ0) is 10.6. The van der Waals surface area contributed by atoms with Crippen LogP contribution in [0.25, 0.3) is 6.08 Å². The van der Waals surface area contributed by atoms with Gasteiger partial charge in [0.05, 0.1) is 11.4 Å². The molecule has 1 rings (SSSR count). The first-order chi connectivity index (χ1) is 6.65. The molecule has 0 atom stereocenters. The van der Waals surface area contributed by atoms with Gasteiger partial charge in [-0.15, -0.1) is 0 Å². The Morgan fingerprint density at radius 2 is 2.29 bits per heavy atom. The summed E-state index contributed by atoms with van der Waals surface area (Å²) >= 11 is 0. The topological polar surface area (TPSA) is 62.7 Å². The Labute approximate surface area is 83.9 Å². The predicted octanol–water partition coefficient (Wildman–Crippen LogP) is 2.20.